The van der Waals surface area contributed by atoms with Crippen molar-refractivity contribution in [2.45, 2.75) is 63.1 Å². The Bertz CT molecular complexity index is 1030. The van der Waals surface area contributed by atoms with E-state index in [9.17, 15) is 19.2 Å². The molecule has 0 aromatic heterocycles. The van der Waals surface area contributed by atoms with E-state index in [4.69, 9.17) is 9.68 Å². The molecule has 2 heterocycles. The molecule has 2 fully saturated rings. The van der Waals surface area contributed by atoms with Gasteiger partial charge < -0.3 is 20.1 Å². The molecule has 4 rings (SSSR count). The summed E-state index contributed by atoms with van der Waals surface area (Å²) < 4.78 is 9.29. The minimum Gasteiger partial charge on any atom is -0.383 e. The first kappa shape index (κ1) is 29.5. The first-order valence-corrected chi connectivity index (χ1v) is 13.3. The molecular formula is C28H34N4O8. The molecule has 40 heavy (non-hydrogen) atoms. The number of hydrogen-bond donors (Lipinski definition) is 4. The van der Waals surface area contributed by atoms with Gasteiger partial charge in [-0.25, -0.2) is 19.2 Å². The molecule has 0 aliphatic carbocycles. The van der Waals surface area contributed by atoms with Gasteiger partial charge >= 0.3 is 23.9 Å². The molecule has 2 aliphatic heterocycles. The summed E-state index contributed by atoms with van der Waals surface area (Å²) in [6, 6.07) is 17.7. The summed E-state index contributed by atoms with van der Waals surface area (Å²) in [6.45, 7) is 1.59. The van der Waals surface area contributed by atoms with E-state index in [0.717, 1.165) is 11.1 Å². The van der Waals surface area contributed by atoms with Crippen LogP contribution in [-0.4, -0.2) is 61.1 Å². The Balaban J connectivity index is 1.08. The number of rotatable bonds is 10. The maximum absolute atomic E-state index is 12.3. The number of benzene rings is 2. The number of hydrogen-bond acceptors (Lipinski definition) is 12. The van der Waals surface area contributed by atoms with Gasteiger partial charge in [-0.2, -0.15) is 11.0 Å². The Kier molecular flexibility index (Phi) is 11.3. The Hall–Kier alpha value is -3.52. The fourth-order valence-corrected chi connectivity index (χ4v) is 4.36. The van der Waals surface area contributed by atoms with E-state index in [1.165, 1.54) is 0 Å². The number of ether oxygens (including phenoxy) is 2. The van der Waals surface area contributed by atoms with Crippen molar-refractivity contribution in [3.05, 3.63) is 71.8 Å². The summed E-state index contributed by atoms with van der Waals surface area (Å²) in [5, 5.41) is 5.94. The van der Waals surface area contributed by atoms with E-state index in [0.29, 0.717) is 52.0 Å². The normalized spacial score (nSPS) is 22.7. The monoisotopic (exact) mass is 554 g/mol. The zero-order valence-electron chi connectivity index (χ0n) is 22.0. The van der Waals surface area contributed by atoms with Gasteiger partial charge in [0, 0.05) is 25.2 Å². The highest BCUT2D eigenvalue weighted by molar-refractivity contribution is 6.33. The van der Waals surface area contributed by atoms with Gasteiger partial charge in [0.2, 0.25) is 0 Å². The van der Waals surface area contributed by atoms with Crippen LogP contribution in [0.4, 0.5) is 0 Å². The third-order valence-electron chi connectivity index (χ3n) is 6.61. The fraction of sp³-hybridized carbons (Fsp3) is 0.429. The minimum absolute atomic E-state index is 0.0423. The first-order valence-electron chi connectivity index (χ1n) is 13.3. The SMILES string of the molecule is O=C(OC(=O)[C@@H]1CC[C@@H](NOCc2ccccc2)CN1)C(=O)OC(=O)[C@@H]1CC[C@@H](NOCc2ccccc2)CN1. The van der Waals surface area contributed by atoms with Crippen molar-refractivity contribution in [3.63, 3.8) is 0 Å². The summed E-state index contributed by atoms with van der Waals surface area (Å²) in [7, 11) is 0. The quantitative estimate of drug-likeness (QED) is 0.142. The molecule has 0 amide bonds. The maximum Gasteiger partial charge on any atom is 0.425 e. The lowest BCUT2D eigenvalue weighted by Crippen LogP contribution is -2.52. The van der Waals surface area contributed by atoms with Crippen LogP contribution in [0, 0.1) is 0 Å². The molecule has 12 nitrogen and oxygen atoms in total. The Morgan fingerprint density at radius 3 is 1.38 bits per heavy atom. The molecule has 2 aliphatic rings. The van der Waals surface area contributed by atoms with Gasteiger partial charge in [-0.3, -0.25) is 9.68 Å². The Morgan fingerprint density at radius 1 is 0.625 bits per heavy atom. The summed E-state index contributed by atoms with van der Waals surface area (Å²) in [5.74, 6) is -4.87. The third kappa shape index (κ3) is 9.30. The topological polar surface area (TPSA) is 153 Å². The largest absolute Gasteiger partial charge is 0.425 e. The van der Waals surface area contributed by atoms with E-state index < -0.39 is 36.0 Å². The summed E-state index contributed by atoms with van der Waals surface area (Å²) >= 11 is 0. The van der Waals surface area contributed by atoms with Gasteiger partial charge in [-0.05, 0) is 36.8 Å². The molecule has 0 bridgehead atoms. The van der Waals surface area contributed by atoms with Gasteiger partial charge in [0.25, 0.3) is 0 Å². The molecule has 2 saturated heterocycles. The first-order chi connectivity index (χ1) is 19.5. The highest BCUT2D eigenvalue weighted by atomic mass is 16.7. The highest BCUT2D eigenvalue weighted by Gasteiger charge is 2.34. The summed E-state index contributed by atoms with van der Waals surface area (Å²) in [6.07, 6.45) is 1.89. The average molecular weight is 555 g/mol. The second kappa shape index (κ2) is 15.3. The smallest absolute Gasteiger partial charge is 0.383 e. The van der Waals surface area contributed by atoms with Crippen LogP contribution in [0.25, 0.3) is 0 Å². The molecule has 2 aromatic rings. The van der Waals surface area contributed by atoms with Crippen LogP contribution < -0.4 is 21.6 Å². The number of carbonyl (C=O) groups excluding carboxylic acids is 4. The number of piperidine rings is 2. The molecule has 0 unspecified atom stereocenters. The molecule has 4 atom stereocenters. The van der Waals surface area contributed by atoms with Gasteiger partial charge in [0.15, 0.2) is 0 Å². The minimum atomic E-state index is -1.53. The third-order valence-corrected chi connectivity index (χ3v) is 6.61. The van der Waals surface area contributed by atoms with Crippen molar-refractivity contribution in [2.75, 3.05) is 13.1 Å². The lowest BCUT2D eigenvalue weighted by atomic mass is 10.0. The highest BCUT2D eigenvalue weighted by Crippen LogP contribution is 2.13. The zero-order chi connectivity index (χ0) is 28.2. The molecule has 4 N–H and O–H groups in total. The summed E-state index contributed by atoms with van der Waals surface area (Å²) in [5.41, 5.74) is 7.95. The van der Waals surface area contributed by atoms with Gasteiger partial charge in [-0.1, -0.05) is 60.7 Å². The second-order valence-corrected chi connectivity index (χ2v) is 9.67. The van der Waals surface area contributed by atoms with Crippen LogP contribution in [0.15, 0.2) is 60.7 Å². The fourth-order valence-electron chi connectivity index (χ4n) is 4.36. The lowest BCUT2D eigenvalue weighted by Gasteiger charge is -2.29. The standard InChI is InChI=1S/C28H34N4O8/c33-25(23-13-11-21(15-29-23)31-37-17-19-7-3-1-4-8-19)39-27(35)28(36)40-26(34)24-14-12-22(16-30-24)32-38-18-20-9-5-2-6-10-20/h1-10,21-24,29-32H,11-18H2/t21-,22-,23+,24+/m1/s1. The Labute approximate surface area is 232 Å². The van der Waals surface area contributed by atoms with Crippen LogP contribution >= 0.6 is 0 Å². The molecule has 0 spiro atoms. The average Bonchev–Trinajstić information content (AvgIpc) is 2.99. The second-order valence-electron chi connectivity index (χ2n) is 9.67. The van der Waals surface area contributed by atoms with Crippen LogP contribution in [0.5, 0.6) is 0 Å². The van der Waals surface area contributed by atoms with E-state index in [2.05, 4.69) is 31.1 Å². The zero-order valence-corrected chi connectivity index (χ0v) is 22.0. The van der Waals surface area contributed by atoms with Crippen LogP contribution in [0.3, 0.4) is 0 Å². The van der Waals surface area contributed by atoms with E-state index in [1.54, 1.807) is 0 Å². The number of carbonyl (C=O) groups is 4. The van der Waals surface area contributed by atoms with Crippen molar-refractivity contribution in [1.29, 1.82) is 0 Å². The maximum atomic E-state index is 12.3. The molecule has 12 heteroatoms. The van der Waals surface area contributed by atoms with E-state index in [1.807, 2.05) is 60.7 Å². The van der Waals surface area contributed by atoms with Crippen molar-refractivity contribution in [2.24, 2.45) is 0 Å². The van der Waals surface area contributed by atoms with Gasteiger partial charge in [-0.15, -0.1) is 0 Å². The van der Waals surface area contributed by atoms with Crippen molar-refractivity contribution in [1.82, 2.24) is 21.6 Å². The van der Waals surface area contributed by atoms with Crippen molar-refractivity contribution < 1.29 is 38.3 Å². The van der Waals surface area contributed by atoms with Crippen molar-refractivity contribution >= 4 is 23.9 Å². The molecule has 0 saturated carbocycles. The molecule has 0 radical (unpaired) electrons. The van der Waals surface area contributed by atoms with Gasteiger partial charge in [0.05, 0.1) is 13.2 Å². The molecular weight excluding hydrogens is 520 g/mol. The number of hydroxylamine groups is 2. The summed E-state index contributed by atoms with van der Waals surface area (Å²) in [4.78, 5) is 59.8. The van der Waals surface area contributed by atoms with E-state index >= 15 is 0 Å². The molecule has 2 aromatic carbocycles. The Morgan fingerprint density at radius 2 is 1.02 bits per heavy atom. The lowest BCUT2D eigenvalue weighted by molar-refractivity contribution is -0.179. The number of esters is 4. The van der Waals surface area contributed by atoms with E-state index in [-0.39, 0.29) is 12.1 Å². The van der Waals surface area contributed by atoms with Crippen molar-refractivity contribution in [3.8, 4) is 0 Å². The van der Waals surface area contributed by atoms with Crippen LogP contribution in [-0.2, 0) is 51.5 Å². The van der Waals surface area contributed by atoms with Crippen LogP contribution in [0.1, 0.15) is 36.8 Å². The molecule has 214 valence electrons. The van der Waals surface area contributed by atoms with Gasteiger partial charge in [0.1, 0.15) is 12.1 Å². The predicted octanol–water partition coefficient (Wildman–Crippen LogP) is 0.810. The number of nitrogens with one attached hydrogen (secondary N) is 4. The predicted molar refractivity (Wildman–Crippen MR) is 141 cm³/mol. The van der Waals surface area contributed by atoms with Crippen LogP contribution in [0.2, 0.25) is 0 Å².